The highest BCUT2D eigenvalue weighted by atomic mass is 16.3. The van der Waals surface area contributed by atoms with Crippen LogP contribution in [0.5, 0.6) is 0 Å². The maximum absolute atomic E-state index is 9.91. The number of hydrogen-bond acceptors (Lipinski definition) is 2. The van der Waals surface area contributed by atoms with Gasteiger partial charge in [-0.3, -0.25) is 0 Å². The first-order valence-electron chi connectivity index (χ1n) is 9.20. The molecule has 2 heteroatoms. The number of nitrogens with zero attached hydrogens (tertiary/aromatic N) is 1. The van der Waals surface area contributed by atoms with E-state index in [2.05, 4.69) is 81.7 Å². The third-order valence-electron chi connectivity index (χ3n) is 4.68. The topological polar surface area (TPSA) is 23.5 Å². The lowest BCUT2D eigenvalue weighted by atomic mass is 9.90. The zero-order valence-electron chi connectivity index (χ0n) is 16.0. The van der Waals surface area contributed by atoms with Gasteiger partial charge >= 0.3 is 0 Å². The van der Waals surface area contributed by atoms with Crippen molar-refractivity contribution in [1.82, 2.24) is 0 Å². The van der Waals surface area contributed by atoms with Crippen molar-refractivity contribution < 1.29 is 5.11 Å². The summed E-state index contributed by atoms with van der Waals surface area (Å²) in [6, 6.07) is 6.30. The number of aliphatic hydroxyl groups excluding tert-OH is 1. The maximum Gasteiger partial charge on any atom is 0.117 e. The van der Waals surface area contributed by atoms with E-state index in [0.29, 0.717) is 0 Å². The molecule has 0 heterocycles. The fourth-order valence-corrected chi connectivity index (χ4v) is 3.30. The predicted octanol–water partition coefficient (Wildman–Crippen LogP) is 6.07. The number of allylic oxidation sites excluding steroid dienone is 6. The van der Waals surface area contributed by atoms with Crippen LogP contribution in [-0.4, -0.2) is 18.2 Å². The van der Waals surface area contributed by atoms with Gasteiger partial charge in [0, 0.05) is 29.8 Å². The quantitative estimate of drug-likeness (QED) is 0.610. The summed E-state index contributed by atoms with van der Waals surface area (Å²) in [6.07, 6.45) is 13.0. The first kappa shape index (κ1) is 19.1. The Labute approximate surface area is 152 Å². The standard InChI is InChI=1S/C23H31NO/c1-6-24(7-2)22-16-19(13-14-21(22)18(3)25)11-12-20-10-8-9-15-23(4,5)17-20/h8-10,13-17,25H,3,6-7,11-12H2,1-2,4-5H3. The van der Waals surface area contributed by atoms with Crippen LogP contribution in [0, 0.1) is 5.41 Å². The van der Waals surface area contributed by atoms with E-state index in [1.807, 2.05) is 6.07 Å². The second-order valence-electron chi connectivity index (χ2n) is 7.23. The van der Waals surface area contributed by atoms with E-state index >= 15 is 0 Å². The number of benzene rings is 1. The molecule has 0 saturated heterocycles. The molecule has 2 nitrogen and oxygen atoms in total. The second kappa shape index (κ2) is 8.24. The normalized spacial score (nSPS) is 15.6. The number of anilines is 1. The van der Waals surface area contributed by atoms with Crippen LogP contribution in [0.4, 0.5) is 5.69 Å². The van der Waals surface area contributed by atoms with Gasteiger partial charge in [-0.15, -0.1) is 0 Å². The van der Waals surface area contributed by atoms with Gasteiger partial charge in [0.1, 0.15) is 5.76 Å². The summed E-state index contributed by atoms with van der Waals surface area (Å²) in [5.41, 5.74) is 4.66. The lowest BCUT2D eigenvalue weighted by Gasteiger charge is -2.24. The van der Waals surface area contributed by atoms with Crippen molar-refractivity contribution >= 4 is 11.4 Å². The molecule has 0 radical (unpaired) electrons. The summed E-state index contributed by atoms with van der Waals surface area (Å²) in [5, 5.41) is 9.91. The minimum atomic E-state index is 0.101. The minimum Gasteiger partial charge on any atom is -0.508 e. The Hall–Kier alpha value is -2.22. The molecule has 0 spiro atoms. The molecule has 0 fully saturated rings. The molecule has 1 N–H and O–H groups in total. The van der Waals surface area contributed by atoms with Gasteiger partial charge < -0.3 is 10.0 Å². The van der Waals surface area contributed by atoms with Crippen molar-refractivity contribution in [1.29, 1.82) is 0 Å². The SMILES string of the molecule is C=C(O)c1ccc(CCC2=CC(C)(C)C=CC=C2)cc1N(CC)CC. The van der Waals surface area contributed by atoms with E-state index < -0.39 is 0 Å². The number of aryl methyl sites for hydroxylation is 1. The van der Waals surface area contributed by atoms with E-state index in [1.54, 1.807) is 0 Å². The van der Waals surface area contributed by atoms with Crippen molar-refractivity contribution in [2.24, 2.45) is 5.41 Å². The Kier molecular flexibility index (Phi) is 6.30. The zero-order chi connectivity index (χ0) is 18.4. The summed E-state index contributed by atoms with van der Waals surface area (Å²) in [4.78, 5) is 2.26. The van der Waals surface area contributed by atoms with Gasteiger partial charge in [-0.1, -0.05) is 62.4 Å². The van der Waals surface area contributed by atoms with E-state index in [0.717, 1.165) is 37.2 Å². The van der Waals surface area contributed by atoms with Crippen molar-refractivity contribution in [2.45, 2.75) is 40.5 Å². The summed E-state index contributed by atoms with van der Waals surface area (Å²) < 4.78 is 0. The maximum atomic E-state index is 9.91. The number of hydrogen-bond donors (Lipinski definition) is 1. The molecule has 0 atom stereocenters. The van der Waals surface area contributed by atoms with Crippen LogP contribution >= 0.6 is 0 Å². The Morgan fingerprint density at radius 3 is 2.48 bits per heavy atom. The van der Waals surface area contributed by atoms with E-state index in [9.17, 15) is 5.11 Å². The predicted molar refractivity (Wildman–Crippen MR) is 110 cm³/mol. The highest BCUT2D eigenvalue weighted by molar-refractivity contribution is 5.72. The van der Waals surface area contributed by atoms with Crippen LogP contribution in [0.2, 0.25) is 0 Å². The molecule has 1 aromatic carbocycles. The van der Waals surface area contributed by atoms with Crippen molar-refractivity contribution in [3.8, 4) is 0 Å². The summed E-state index contributed by atoms with van der Waals surface area (Å²) in [5.74, 6) is 0.135. The van der Waals surface area contributed by atoms with Crippen LogP contribution < -0.4 is 4.90 Å². The molecule has 2 rings (SSSR count). The van der Waals surface area contributed by atoms with Crippen LogP contribution in [0.1, 0.15) is 45.2 Å². The molecule has 0 aromatic heterocycles. The van der Waals surface area contributed by atoms with Crippen molar-refractivity contribution in [2.75, 3.05) is 18.0 Å². The minimum absolute atomic E-state index is 0.101. The molecule has 0 aliphatic heterocycles. The molecule has 0 amide bonds. The fourth-order valence-electron chi connectivity index (χ4n) is 3.30. The molecule has 0 saturated carbocycles. The summed E-state index contributed by atoms with van der Waals surface area (Å²) in [7, 11) is 0. The molecular weight excluding hydrogens is 306 g/mol. The van der Waals surface area contributed by atoms with Crippen LogP contribution in [0.3, 0.4) is 0 Å². The van der Waals surface area contributed by atoms with Gasteiger partial charge in [-0.25, -0.2) is 0 Å². The van der Waals surface area contributed by atoms with Gasteiger partial charge in [0.25, 0.3) is 0 Å². The molecule has 134 valence electrons. The summed E-state index contributed by atoms with van der Waals surface area (Å²) in [6.45, 7) is 14.3. The van der Waals surface area contributed by atoms with Gasteiger partial charge in [0.2, 0.25) is 0 Å². The van der Waals surface area contributed by atoms with Gasteiger partial charge in [-0.2, -0.15) is 0 Å². The average molecular weight is 338 g/mol. The Balaban J connectivity index is 2.22. The Morgan fingerprint density at radius 2 is 1.84 bits per heavy atom. The number of aliphatic hydroxyl groups is 1. The largest absolute Gasteiger partial charge is 0.508 e. The monoisotopic (exact) mass is 337 g/mol. The van der Waals surface area contributed by atoms with Gasteiger partial charge in [-0.05, 0) is 44.4 Å². The van der Waals surface area contributed by atoms with Crippen LogP contribution in [-0.2, 0) is 6.42 Å². The first-order chi connectivity index (χ1) is 11.9. The lowest BCUT2D eigenvalue weighted by Crippen LogP contribution is -2.23. The van der Waals surface area contributed by atoms with Crippen molar-refractivity contribution in [3.63, 3.8) is 0 Å². The fraction of sp³-hybridized carbons (Fsp3) is 0.391. The smallest absolute Gasteiger partial charge is 0.117 e. The molecule has 0 unspecified atom stereocenters. The Morgan fingerprint density at radius 1 is 1.12 bits per heavy atom. The summed E-state index contributed by atoms with van der Waals surface area (Å²) >= 11 is 0. The van der Waals surface area contributed by atoms with E-state index in [1.165, 1.54) is 11.1 Å². The molecular formula is C23H31NO. The number of rotatable bonds is 7. The average Bonchev–Trinajstić information content (AvgIpc) is 2.74. The lowest BCUT2D eigenvalue weighted by molar-refractivity contribution is 0.513. The van der Waals surface area contributed by atoms with Gasteiger partial charge in [0.15, 0.2) is 0 Å². The third kappa shape index (κ3) is 5.12. The molecule has 1 aliphatic carbocycles. The van der Waals surface area contributed by atoms with Crippen LogP contribution in [0.25, 0.3) is 5.76 Å². The molecule has 1 aliphatic rings. The zero-order valence-corrected chi connectivity index (χ0v) is 16.0. The highest BCUT2D eigenvalue weighted by Gasteiger charge is 2.14. The molecule has 25 heavy (non-hydrogen) atoms. The Bertz CT molecular complexity index is 703. The van der Waals surface area contributed by atoms with Crippen LogP contribution in [0.15, 0.2) is 60.7 Å². The highest BCUT2D eigenvalue weighted by Crippen LogP contribution is 2.29. The third-order valence-corrected chi connectivity index (χ3v) is 4.68. The van der Waals surface area contributed by atoms with Gasteiger partial charge in [0.05, 0.1) is 0 Å². The molecule has 1 aromatic rings. The molecule has 0 bridgehead atoms. The van der Waals surface area contributed by atoms with Crippen molar-refractivity contribution in [3.05, 3.63) is 71.9 Å². The van der Waals surface area contributed by atoms with E-state index in [4.69, 9.17) is 0 Å². The second-order valence-corrected chi connectivity index (χ2v) is 7.23. The van der Waals surface area contributed by atoms with E-state index in [-0.39, 0.29) is 11.2 Å². The first-order valence-corrected chi connectivity index (χ1v) is 9.20.